The van der Waals surface area contributed by atoms with E-state index in [4.69, 9.17) is 16.3 Å². The number of amides is 2. The molecular weight excluding hydrogens is 462 g/mol. The van der Waals surface area contributed by atoms with Crippen molar-refractivity contribution in [3.8, 4) is 5.88 Å². The van der Waals surface area contributed by atoms with Crippen molar-refractivity contribution in [2.75, 3.05) is 32.0 Å². The summed E-state index contributed by atoms with van der Waals surface area (Å²) in [7, 11) is 2.12. The number of nitrogens with one attached hydrogen (secondary N) is 3. The Balaban J connectivity index is 1.48. The molecule has 1 saturated heterocycles. The number of aromatic amines is 1. The van der Waals surface area contributed by atoms with Crippen LogP contribution in [0.15, 0.2) is 28.7 Å². The highest BCUT2D eigenvalue weighted by Gasteiger charge is 2.20. The van der Waals surface area contributed by atoms with Crippen molar-refractivity contribution in [1.82, 2.24) is 20.4 Å². The first-order chi connectivity index (χ1) is 13.9. The number of rotatable bonds is 6. The Bertz CT molecular complexity index is 867. The van der Waals surface area contributed by atoms with Gasteiger partial charge in [0.15, 0.2) is 0 Å². The monoisotopic (exact) mass is 483 g/mol. The van der Waals surface area contributed by atoms with Crippen molar-refractivity contribution in [2.45, 2.75) is 19.3 Å². The zero-order chi connectivity index (χ0) is 20.8. The van der Waals surface area contributed by atoms with Gasteiger partial charge in [-0.1, -0.05) is 23.7 Å². The molecule has 0 unspecified atom stereocenters. The summed E-state index contributed by atoms with van der Waals surface area (Å²) in [5.41, 5.74) is 0.324. The van der Waals surface area contributed by atoms with E-state index >= 15 is 0 Å². The van der Waals surface area contributed by atoms with E-state index in [1.165, 1.54) is 0 Å². The maximum absolute atomic E-state index is 12.3. The smallest absolute Gasteiger partial charge is 0.388 e. The predicted octanol–water partition coefficient (Wildman–Crippen LogP) is 3.90. The number of nitrogens with zero attached hydrogens (tertiary/aromatic N) is 2. The number of aromatic nitrogens is 2. The zero-order valence-electron chi connectivity index (χ0n) is 16.0. The van der Waals surface area contributed by atoms with Crippen molar-refractivity contribution in [1.29, 1.82) is 0 Å². The second-order valence-corrected chi connectivity index (χ2v) is 8.20. The van der Waals surface area contributed by atoms with Crippen LogP contribution >= 0.6 is 27.5 Å². The summed E-state index contributed by atoms with van der Waals surface area (Å²) in [5.74, 6) is 0.518. The fourth-order valence-electron chi connectivity index (χ4n) is 3.14. The van der Waals surface area contributed by atoms with E-state index < -0.39 is 12.0 Å². The van der Waals surface area contributed by atoms with Crippen LogP contribution in [0.25, 0.3) is 0 Å². The molecule has 1 aromatic heterocycles. The van der Waals surface area contributed by atoms with Crippen LogP contribution in [0, 0.1) is 5.92 Å². The Hall–Kier alpha value is -2.10. The van der Waals surface area contributed by atoms with E-state index in [2.05, 4.69) is 48.7 Å². The molecule has 0 atom stereocenters. The summed E-state index contributed by atoms with van der Waals surface area (Å²) < 4.78 is 5.55. The molecule has 3 N–H and O–H groups in total. The van der Waals surface area contributed by atoms with Gasteiger partial charge in [-0.05, 0) is 73.4 Å². The number of hydrogen-bond donors (Lipinski definition) is 3. The summed E-state index contributed by atoms with van der Waals surface area (Å²) in [6.45, 7) is 2.74. The molecule has 0 bridgehead atoms. The van der Waals surface area contributed by atoms with Gasteiger partial charge in [0, 0.05) is 6.54 Å². The van der Waals surface area contributed by atoms with Gasteiger partial charge in [0.1, 0.15) is 10.3 Å². The van der Waals surface area contributed by atoms with E-state index in [1.54, 1.807) is 24.3 Å². The van der Waals surface area contributed by atoms with Crippen molar-refractivity contribution >= 4 is 45.3 Å². The summed E-state index contributed by atoms with van der Waals surface area (Å²) >= 11 is 9.32. The molecule has 156 valence electrons. The molecule has 1 aliphatic heterocycles. The molecule has 1 aromatic carbocycles. The average molecular weight is 485 g/mol. The highest BCUT2D eigenvalue weighted by Crippen LogP contribution is 2.30. The van der Waals surface area contributed by atoms with E-state index in [0.29, 0.717) is 27.5 Å². The molecule has 2 amide bonds. The van der Waals surface area contributed by atoms with Gasteiger partial charge in [-0.2, -0.15) is 0 Å². The van der Waals surface area contributed by atoms with Gasteiger partial charge in [-0.3, -0.25) is 9.89 Å². The van der Waals surface area contributed by atoms with Crippen LogP contribution in [0.2, 0.25) is 5.02 Å². The Labute approximate surface area is 182 Å². The number of carbonyl (C=O) groups is 2. The molecule has 0 radical (unpaired) electrons. The van der Waals surface area contributed by atoms with Crippen molar-refractivity contribution in [3.05, 3.63) is 39.3 Å². The molecule has 10 heteroatoms. The topological polar surface area (TPSA) is 99.3 Å². The van der Waals surface area contributed by atoms with Gasteiger partial charge in [0.25, 0.3) is 11.8 Å². The number of likely N-dealkylation sites (tertiary alicyclic amines) is 1. The number of hydrogen-bond acceptors (Lipinski definition) is 5. The Kier molecular flexibility index (Phi) is 7.51. The minimum absolute atomic E-state index is 0.0382. The second kappa shape index (κ2) is 10.1. The molecule has 3 rings (SSSR count). The third kappa shape index (κ3) is 5.94. The van der Waals surface area contributed by atoms with Crippen LogP contribution in [0.4, 0.5) is 10.6 Å². The van der Waals surface area contributed by atoms with Crippen LogP contribution in [-0.4, -0.2) is 53.8 Å². The van der Waals surface area contributed by atoms with Crippen LogP contribution in [0.3, 0.4) is 0 Å². The molecule has 0 saturated carbocycles. The number of carbonyl (C=O) groups excluding carboxylic acids is 2. The maximum atomic E-state index is 12.3. The van der Waals surface area contributed by atoms with Gasteiger partial charge >= 0.3 is 6.09 Å². The summed E-state index contributed by atoms with van der Waals surface area (Å²) in [5, 5.41) is 12.3. The third-order valence-corrected chi connectivity index (χ3v) is 5.95. The second-order valence-electron chi connectivity index (χ2n) is 7.00. The van der Waals surface area contributed by atoms with Crippen LogP contribution < -0.4 is 15.4 Å². The van der Waals surface area contributed by atoms with Crippen molar-refractivity contribution in [3.63, 3.8) is 0 Å². The molecule has 2 aromatic rings. The lowest BCUT2D eigenvalue weighted by atomic mass is 9.94. The lowest BCUT2D eigenvalue weighted by Crippen LogP contribution is -2.33. The van der Waals surface area contributed by atoms with Crippen LogP contribution in [0.5, 0.6) is 5.88 Å². The van der Waals surface area contributed by atoms with E-state index in [0.717, 1.165) is 32.4 Å². The van der Waals surface area contributed by atoms with Crippen LogP contribution in [-0.2, 0) is 0 Å². The van der Waals surface area contributed by atoms with Crippen molar-refractivity contribution < 1.29 is 14.3 Å². The first kappa shape index (κ1) is 21.6. The van der Waals surface area contributed by atoms with E-state index in [9.17, 15) is 9.59 Å². The first-order valence-corrected chi connectivity index (χ1v) is 10.5. The minimum atomic E-state index is -0.589. The Morgan fingerprint density at radius 1 is 1.34 bits per heavy atom. The van der Waals surface area contributed by atoms with Gasteiger partial charge in [-0.25, -0.2) is 4.79 Å². The van der Waals surface area contributed by atoms with E-state index in [1.807, 2.05) is 0 Å². The third-order valence-electron chi connectivity index (χ3n) is 4.88. The number of ether oxygens (including phenoxy) is 1. The van der Waals surface area contributed by atoms with Crippen LogP contribution in [0.1, 0.15) is 29.6 Å². The first-order valence-electron chi connectivity index (χ1n) is 9.38. The molecule has 0 spiro atoms. The molecule has 1 fully saturated rings. The summed E-state index contributed by atoms with van der Waals surface area (Å²) in [6, 6.07) is 6.69. The largest absolute Gasteiger partial charge is 0.414 e. The lowest BCUT2D eigenvalue weighted by molar-refractivity contribution is 0.102. The quantitative estimate of drug-likeness (QED) is 0.577. The standard InChI is InChI=1S/C19H23BrClN5O3/c1-26-10-7-12(8-11-26)6-9-22-19(28)29-18-15(20)16(24-25-18)23-17(27)13-4-2-3-5-14(13)21/h2-5,12H,6-11H2,1H3,(H,22,28)(H2,23,24,25,27). The molecule has 1 aliphatic rings. The number of halogens is 2. The van der Waals surface area contributed by atoms with Gasteiger partial charge in [0.05, 0.1) is 10.6 Å². The molecular formula is C19H23BrClN5O3. The number of H-pyrrole nitrogens is 1. The molecule has 8 nitrogen and oxygen atoms in total. The molecule has 29 heavy (non-hydrogen) atoms. The van der Waals surface area contributed by atoms with Gasteiger partial charge < -0.3 is 20.3 Å². The Morgan fingerprint density at radius 3 is 2.79 bits per heavy atom. The molecule has 0 aliphatic carbocycles. The lowest BCUT2D eigenvalue weighted by Gasteiger charge is -2.28. The zero-order valence-corrected chi connectivity index (χ0v) is 18.3. The average Bonchev–Trinajstić information content (AvgIpc) is 3.03. The number of piperidine rings is 1. The fourth-order valence-corrected chi connectivity index (χ4v) is 3.72. The number of anilines is 1. The highest BCUT2D eigenvalue weighted by molar-refractivity contribution is 9.10. The normalized spacial score (nSPS) is 15.1. The predicted molar refractivity (Wildman–Crippen MR) is 115 cm³/mol. The highest BCUT2D eigenvalue weighted by atomic mass is 79.9. The number of benzene rings is 1. The van der Waals surface area contributed by atoms with Gasteiger partial charge in [-0.15, -0.1) is 5.10 Å². The Morgan fingerprint density at radius 2 is 2.07 bits per heavy atom. The maximum Gasteiger partial charge on any atom is 0.414 e. The fraction of sp³-hybridized carbons (Fsp3) is 0.421. The minimum Gasteiger partial charge on any atom is -0.388 e. The summed E-state index contributed by atoms with van der Waals surface area (Å²) in [6.07, 6.45) is 2.62. The van der Waals surface area contributed by atoms with E-state index in [-0.39, 0.29) is 11.7 Å². The summed E-state index contributed by atoms with van der Waals surface area (Å²) in [4.78, 5) is 26.7. The van der Waals surface area contributed by atoms with Gasteiger partial charge in [0.2, 0.25) is 0 Å². The SMILES string of the molecule is CN1CCC(CCNC(=O)Oc2n[nH]c(NC(=O)c3ccccc3Cl)c2Br)CC1. The van der Waals surface area contributed by atoms with Crippen molar-refractivity contribution in [2.24, 2.45) is 5.92 Å². The molecule has 2 heterocycles.